The Morgan fingerprint density at radius 2 is 1.79 bits per heavy atom. The smallest absolute Gasteiger partial charge is 0.407 e. The second kappa shape index (κ2) is 8.74. The molecular formula is C13H25NO5. The average Bonchev–Trinajstić information content (AvgIpc) is 2.32. The van der Waals surface area contributed by atoms with Crippen LogP contribution in [0.4, 0.5) is 4.79 Å². The van der Waals surface area contributed by atoms with Crippen LogP contribution < -0.4 is 5.32 Å². The zero-order valence-corrected chi connectivity index (χ0v) is 12.2. The zero-order chi connectivity index (χ0) is 14.9. The van der Waals surface area contributed by atoms with Gasteiger partial charge < -0.3 is 19.9 Å². The third kappa shape index (κ3) is 9.30. The summed E-state index contributed by atoms with van der Waals surface area (Å²) in [6.07, 6.45) is 0.268. The Bertz CT molecular complexity index is 285. The van der Waals surface area contributed by atoms with Crippen molar-refractivity contribution in [1.82, 2.24) is 5.32 Å². The SMILES string of the molecule is CCCCNC(=O)OCC(O)COC(=O)C(C)(C)C. The number of unbranched alkanes of at least 4 members (excludes halogenated alkanes) is 1. The number of ether oxygens (including phenoxy) is 2. The molecule has 0 aromatic carbocycles. The van der Waals surface area contributed by atoms with Crippen LogP contribution in [0.5, 0.6) is 0 Å². The minimum absolute atomic E-state index is 0.182. The number of carbonyl (C=O) groups excluding carboxylic acids is 2. The van der Waals surface area contributed by atoms with Crippen LogP contribution >= 0.6 is 0 Å². The van der Waals surface area contributed by atoms with Crippen molar-refractivity contribution in [2.24, 2.45) is 5.41 Å². The summed E-state index contributed by atoms with van der Waals surface area (Å²) in [7, 11) is 0. The lowest BCUT2D eigenvalue weighted by Crippen LogP contribution is -2.32. The van der Waals surface area contributed by atoms with Crippen LogP contribution in [-0.4, -0.2) is 43.0 Å². The lowest BCUT2D eigenvalue weighted by atomic mass is 9.97. The Morgan fingerprint density at radius 1 is 1.21 bits per heavy atom. The number of aliphatic hydroxyl groups excluding tert-OH is 1. The van der Waals surface area contributed by atoms with Crippen molar-refractivity contribution in [2.75, 3.05) is 19.8 Å². The standard InChI is InChI=1S/C13H25NO5/c1-5-6-7-14-12(17)19-9-10(15)8-18-11(16)13(2,3)4/h10,15H,5-9H2,1-4H3,(H,14,17). The zero-order valence-electron chi connectivity index (χ0n) is 12.2. The lowest BCUT2D eigenvalue weighted by Gasteiger charge is -2.18. The molecule has 1 unspecified atom stereocenters. The number of esters is 1. The van der Waals surface area contributed by atoms with Crippen LogP contribution in [0.25, 0.3) is 0 Å². The number of hydrogen-bond acceptors (Lipinski definition) is 5. The minimum Gasteiger partial charge on any atom is -0.462 e. The van der Waals surface area contributed by atoms with Gasteiger partial charge in [-0.1, -0.05) is 13.3 Å². The maximum Gasteiger partial charge on any atom is 0.407 e. The average molecular weight is 275 g/mol. The lowest BCUT2D eigenvalue weighted by molar-refractivity contribution is -0.156. The van der Waals surface area contributed by atoms with Gasteiger partial charge >= 0.3 is 12.1 Å². The van der Waals surface area contributed by atoms with Gasteiger partial charge in [0, 0.05) is 6.54 Å². The Morgan fingerprint density at radius 3 is 2.32 bits per heavy atom. The number of nitrogens with one attached hydrogen (secondary N) is 1. The van der Waals surface area contributed by atoms with Gasteiger partial charge in [-0.3, -0.25) is 4.79 Å². The first kappa shape index (κ1) is 17.7. The Labute approximate surface area is 114 Å². The molecule has 0 saturated heterocycles. The van der Waals surface area contributed by atoms with E-state index in [1.807, 2.05) is 6.92 Å². The van der Waals surface area contributed by atoms with Gasteiger partial charge in [0.15, 0.2) is 0 Å². The van der Waals surface area contributed by atoms with Gasteiger partial charge in [0.25, 0.3) is 0 Å². The molecule has 0 heterocycles. The summed E-state index contributed by atoms with van der Waals surface area (Å²) in [5.41, 5.74) is -0.613. The van der Waals surface area contributed by atoms with Crippen molar-refractivity contribution in [3.8, 4) is 0 Å². The number of amides is 1. The highest BCUT2D eigenvalue weighted by Gasteiger charge is 2.24. The number of carbonyl (C=O) groups is 2. The summed E-state index contributed by atoms with van der Waals surface area (Å²) in [5.74, 6) is -0.404. The molecule has 1 atom stereocenters. The maximum atomic E-state index is 11.4. The van der Waals surface area contributed by atoms with E-state index in [4.69, 9.17) is 9.47 Å². The molecule has 0 aliphatic rings. The van der Waals surface area contributed by atoms with Gasteiger partial charge in [-0.15, -0.1) is 0 Å². The van der Waals surface area contributed by atoms with E-state index in [2.05, 4.69) is 5.32 Å². The van der Waals surface area contributed by atoms with Crippen LogP contribution in [0, 0.1) is 5.41 Å². The Hall–Kier alpha value is -1.30. The second-order valence-corrected chi connectivity index (χ2v) is 5.38. The molecule has 6 nitrogen and oxygen atoms in total. The summed E-state index contributed by atoms with van der Waals surface area (Å²) in [6.45, 7) is 7.34. The largest absolute Gasteiger partial charge is 0.462 e. The highest BCUT2D eigenvalue weighted by molar-refractivity contribution is 5.75. The molecular weight excluding hydrogens is 250 g/mol. The number of rotatable bonds is 7. The number of alkyl carbamates (subject to hydrolysis) is 1. The van der Waals surface area contributed by atoms with E-state index in [0.29, 0.717) is 6.54 Å². The molecule has 0 rings (SSSR count). The molecule has 6 heteroatoms. The topological polar surface area (TPSA) is 84.9 Å². The van der Waals surface area contributed by atoms with E-state index in [1.54, 1.807) is 20.8 Å². The summed E-state index contributed by atoms with van der Waals surface area (Å²) in [5, 5.41) is 12.1. The first-order valence-electron chi connectivity index (χ1n) is 6.53. The van der Waals surface area contributed by atoms with E-state index in [0.717, 1.165) is 12.8 Å². The molecule has 0 aromatic heterocycles. The molecule has 0 fully saturated rings. The highest BCUT2D eigenvalue weighted by Crippen LogP contribution is 2.15. The third-order valence-electron chi connectivity index (χ3n) is 2.23. The van der Waals surface area contributed by atoms with Gasteiger partial charge in [-0.25, -0.2) is 4.79 Å². The molecule has 0 aliphatic heterocycles. The predicted octanol–water partition coefficient (Wildman–Crippen LogP) is 1.46. The minimum atomic E-state index is -1.01. The quantitative estimate of drug-likeness (QED) is 0.543. The summed E-state index contributed by atoms with van der Waals surface area (Å²) in [4.78, 5) is 22.6. The van der Waals surface area contributed by atoms with E-state index < -0.39 is 23.6 Å². The molecule has 112 valence electrons. The van der Waals surface area contributed by atoms with Gasteiger partial charge in [0.05, 0.1) is 5.41 Å². The molecule has 0 aliphatic carbocycles. The number of aliphatic hydroxyl groups is 1. The van der Waals surface area contributed by atoms with E-state index >= 15 is 0 Å². The molecule has 0 saturated carbocycles. The van der Waals surface area contributed by atoms with Crippen molar-refractivity contribution in [1.29, 1.82) is 0 Å². The van der Waals surface area contributed by atoms with E-state index in [-0.39, 0.29) is 13.2 Å². The second-order valence-electron chi connectivity index (χ2n) is 5.38. The fourth-order valence-electron chi connectivity index (χ4n) is 1.03. The van der Waals surface area contributed by atoms with Crippen molar-refractivity contribution in [3.05, 3.63) is 0 Å². The van der Waals surface area contributed by atoms with Crippen LogP contribution in [0.1, 0.15) is 40.5 Å². The molecule has 0 aromatic rings. The van der Waals surface area contributed by atoms with Crippen LogP contribution in [0.15, 0.2) is 0 Å². The molecule has 0 bridgehead atoms. The highest BCUT2D eigenvalue weighted by atomic mass is 16.6. The predicted molar refractivity (Wildman–Crippen MR) is 70.7 cm³/mol. The van der Waals surface area contributed by atoms with Gasteiger partial charge in [-0.05, 0) is 27.2 Å². The van der Waals surface area contributed by atoms with E-state index in [9.17, 15) is 14.7 Å². The van der Waals surface area contributed by atoms with Crippen molar-refractivity contribution < 1.29 is 24.2 Å². The van der Waals surface area contributed by atoms with Crippen molar-refractivity contribution in [3.63, 3.8) is 0 Å². The molecule has 1 amide bonds. The van der Waals surface area contributed by atoms with Crippen LogP contribution in [-0.2, 0) is 14.3 Å². The van der Waals surface area contributed by atoms with Gasteiger partial charge in [0.1, 0.15) is 19.3 Å². The fraction of sp³-hybridized carbons (Fsp3) is 0.846. The molecule has 2 N–H and O–H groups in total. The fourth-order valence-corrected chi connectivity index (χ4v) is 1.03. The monoisotopic (exact) mass is 275 g/mol. The maximum absolute atomic E-state index is 11.4. The first-order valence-corrected chi connectivity index (χ1v) is 6.53. The van der Waals surface area contributed by atoms with Crippen molar-refractivity contribution in [2.45, 2.75) is 46.6 Å². The molecule has 0 spiro atoms. The van der Waals surface area contributed by atoms with Gasteiger partial charge in [-0.2, -0.15) is 0 Å². The van der Waals surface area contributed by atoms with Gasteiger partial charge in [0.2, 0.25) is 0 Å². The van der Waals surface area contributed by atoms with Crippen LogP contribution in [0.2, 0.25) is 0 Å². The first-order chi connectivity index (χ1) is 8.77. The number of hydrogen-bond donors (Lipinski definition) is 2. The third-order valence-corrected chi connectivity index (χ3v) is 2.23. The Kier molecular flexibility index (Phi) is 8.14. The Balaban J connectivity index is 3.72. The molecule has 19 heavy (non-hydrogen) atoms. The summed E-state index contributed by atoms with van der Waals surface area (Å²) in [6, 6.07) is 0. The normalized spacial score (nSPS) is 12.7. The summed E-state index contributed by atoms with van der Waals surface area (Å²) >= 11 is 0. The van der Waals surface area contributed by atoms with Crippen molar-refractivity contribution >= 4 is 12.1 Å². The van der Waals surface area contributed by atoms with E-state index in [1.165, 1.54) is 0 Å². The van der Waals surface area contributed by atoms with Crippen LogP contribution in [0.3, 0.4) is 0 Å². The molecule has 0 radical (unpaired) electrons. The summed E-state index contributed by atoms with van der Waals surface area (Å²) < 4.78 is 9.68.